The molecule has 3 rings (SSSR count). The van der Waals surface area contributed by atoms with Crippen molar-refractivity contribution in [3.05, 3.63) is 36.0 Å². The van der Waals surface area contributed by atoms with Gasteiger partial charge in [0.25, 0.3) is 0 Å². The van der Waals surface area contributed by atoms with Gasteiger partial charge in [0.05, 0.1) is 6.10 Å². The molecule has 2 heterocycles. The average Bonchev–Trinajstić information content (AvgIpc) is 3.17. The molecule has 6 heteroatoms. The van der Waals surface area contributed by atoms with Crippen LogP contribution in [0.5, 0.6) is 0 Å². The van der Waals surface area contributed by atoms with E-state index in [1.807, 2.05) is 0 Å². The number of hydrogen-bond donors (Lipinski definition) is 3. The summed E-state index contributed by atoms with van der Waals surface area (Å²) in [6.45, 7) is 5.31. The smallest absolute Gasteiger partial charge is 0.194 e. The Morgan fingerprint density at radius 3 is 3.00 bits per heavy atom. The van der Waals surface area contributed by atoms with E-state index >= 15 is 0 Å². The number of aryl methyl sites for hydroxylation is 1. The fourth-order valence-electron chi connectivity index (χ4n) is 3.15. The van der Waals surface area contributed by atoms with Crippen molar-refractivity contribution in [1.82, 2.24) is 15.2 Å². The molecular formula is C18H27IN4O. The van der Waals surface area contributed by atoms with Gasteiger partial charge in [0.2, 0.25) is 0 Å². The van der Waals surface area contributed by atoms with E-state index in [0.717, 1.165) is 44.9 Å². The summed E-state index contributed by atoms with van der Waals surface area (Å²) in [5, 5.41) is 14.3. The zero-order valence-corrected chi connectivity index (χ0v) is 16.5. The van der Waals surface area contributed by atoms with Gasteiger partial charge >= 0.3 is 0 Å². The first-order chi connectivity index (χ1) is 11.3. The molecule has 1 atom stereocenters. The lowest BCUT2D eigenvalue weighted by molar-refractivity contribution is 0.188. The number of hydrogen-bond acceptors (Lipinski definition) is 2. The highest BCUT2D eigenvalue weighted by Gasteiger charge is 2.22. The van der Waals surface area contributed by atoms with Crippen LogP contribution in [0.25, 0.3) is 10.9 Å². The van der Waals surface area contributed by atoms with Crippen LogP contribution in [-0.4, -0.2) is 53.2 Å². The van der Waals surface area contributed by atoms with Gasteiger partial charge in [0.1, 0.15) is 0 Å². The highest BCUT2D eigenvalue weighted by Crippen LogP contribution is 2.19. The Balaban J connectivity index is 0.00000208. The molecule has 132 valence electrons. The van der Waals surface area contributed by atoms with Crippen LogP contribution in [-0.2, 0) is 6.42 Å². The van der Waals surface area contributed by atoms with Crippen LogP contribution < -0.4 is 5.32 Å². The normalized spacial score (nSPS) is 18.0. The van der Waals surface area contributed by atoms with E-state index in [9.17, 15) is 5.11 Å². The summed E-state index contributed by atoms with van der Waals surface area (Å²) >= 11 is 0. The number of aliphatic hydroxyl groups is 1. The molecule has 0 spiro atoms. The van der Waals surface area contributed by atoms with Gasteiger partial charge in [-0.1, -0.05) is 18.2 Å². The Hall–Kier alpha value is -1.28. The van der Waals surface area contributed by atoms with Crippen LogP contribution in [0.3, 0.4) is 0 Å². The minimum absolute atomic E-state index is 0. The second kappa shape index (κ2) is 9.27. The molecule has 1 aromatic carbocycles. The van der Waals surface area contributed by atoms with Gasteiger partial charge in [0.15, 0.2) is 5.96 Å². The van der Waals surface area contributed by atoms with Crippen LogP contribution in [0, 0.1) is 0 Å². The summed E-state index contributed by atoms with van der Waals surface area (Å²) in [5.41, 5.74) is 2.56. The zero-order chi connectivity index (χ0) is 16.1. The Labute approximate surface area is 160 Å². The Kier molecular flexibility index (Phi) is 7.36. The van der Waals surface area contributed by atoms with Crippen molar-refractivity contribution in [2.75, 3.05) is 26.2 Å². The number of nitrogens with zero attached hydrogens (tertiary/aromatic N) is 2. The summed E-state index contributed by atoms with van der Waals surface area (Å²) in [6, 6.07) is 8.42. The molecule has 0 bridgehead atoms. The molecule has 1 aliphatic heterocycles. The maximum Gasteiger partial charge on any atom is 0.194 e. The molecule has 2 aromatic rings. The first-order valence-electron chi connectivity index (χ1n) is 8.54. The van der Waals surface area contributed by atoms with E-state index in [-0.39, 0.29) is 30.1 Å². The molecule has 0 unspecified atom stereocenters. The predicted octanol–water partition coefficient (Wildman–Crippen LogP) is 2.75. The molecule has 1 aromatic heterocycles. The zero-order valence-electron chi connectivity index (χ0n) is 14.2. The molecule has 0 amide bonds. The quantitative estimate of drug-likeness (QED) is 0.289. The summed E-state index contributed by atoms with van der Waals surface area (Å²) in [7, 11) is 0. The molecule has 0 saturated carbocycles. The number of aromatic amines is 1. The molecule has 1 aliphatic rings. The Bertz CT molecular complexity index is 670. The highest BCUT2D eigenvalue weighted by molar-refractivity contribution is 14.0. The number of benzene rings is 1. The number of aliphatic hydroxyl groups excluding tert-OH is 1. The highest BCUT2D eigenvalue weighted by atomic mass is 127. The molecule has 3 N–H and O–H groups in total. The second-order valence-electron chi connectivity index (χ2n) is 6.09. The maximum atomic E-state index is 9.69. The number of fused-ring (bicyclic) bond motifs is 1. The number of likely N-dealkylation sites (tertiary alicyclic amines) is 1. The molecular weight excluding hydrogens is 415 g/mol. The topological polar surface area (TPSA) is 63.7 Å². The molecule has 1 saturated heterocycles. The lowest BCUT2D eigenvalue weighted by Gasteiger charge is -2.20. The Morgan fingerprint density at radius 1 is 1.42 bits per heavy atom. The fourth-order valence-corrected chi connectivity index (χ4v) is 3.15. The lowest BCUT2D eigenvalue weighted by atomic mass is 10.1. The summed E-state index contributed by atoms with van der Waals surface area (Å²) in [5.74, 6) is 0.933. The van der Waals surface area contributed by atoms with E-state index in [2.05, 4.69) is 52.6 Å². The minimum Gasteiger partial charge on any atom is -0.391 e. The number of guanidine groups is 1. The third kappa shape index (κ3) is 4.63. The number of para-hydroxylation sites is 1. The van der Waals surface area contributed by atoms with Gasteiger partial charge in [0, 0.05) is 43.3 Å². The van der Waals surface area contributed by atoms with Gasteiger partial charge in [-0.15, -0.1) is 24.0 Å². The lowest BCUT2D eigenvalue weighted by Crippen LogP contribution is -2.40. The fraction of sp³-hybridized carbons (Fsp3) is 0.500. The van der Waals surface area contributed by atoms with Gasteiger partial charge in [-0.25, -0.2) is 0 Å². The van der Waals surface area contributed by atoms with Crippen molar-refractivity contribution in [2.24, 2.45) is 4.99 Å². The van der Waals surface area contributed by atoms with E-state index in [0.29, 0.717) is 6.54 Å². The van der Waals surface area contributed by atoms with Crippen molar-refractivity contribution >= 4 is 40.8 Å². The van der Waals surface area contributed by atoms with Crippen LogP contribution >= 0.6 is 24.0 Å². The summed E-state index contributed by atoms with van der Waals surface area (Å²) in [6.07, 6.45) is 4.77. The van der Waals surface area contributed by atoms with E-state index in [1.165, 1.54) is 16.5 Å². The summed E-state index contributed by atoms with van der Waals surface area (Å²) in [4.78, 5) is 10.2. The number of halogens is 1. The van der Waals surface area contributed by atoms with Crippen LogP contribution in [0.4, 0.5) is 0 Å². The third-order valence-electron chi connectivity index (χ3n) is 4.34. The number of aromatic nitrogens is 1. The Morgan fingerprint density at radius 2 is 2.25 bits per heavy atom. The standard InChI is InChI=1S/C18H26N4O.HI/c1-2-19-18(22-11-9-15(23)13-22)20-10-5-6-14-12-21-17-8-4-3-7-16(14)17;/h3-4,7-8,12,15,21,23H,2,5-6,9-11,13H2,1H3,(H,19,20);1H/t15-;/m1./s1. The number of rotatable bonds is 5. The number of H-pyrrole nitrogens is 1. The summed E-state index contributed by atoms with van der Waals surface area (Å²) < 4.78 is 0. The minimum atomic E-state index is -0.218. The van der Waals surface area contributed by atoms with Gasteiger partial charge in [-0.05, 0) is 37.8 Å². The van der Waals surface area contributed by atoms with E-state index in [1.54, 1.807) is 0 Å². The van der Waals surface area contributed by atoms with Crippen LogP contribution in [0.15, 0.2) is 35.5 Å². The first-order valence-corrected chi connectivity index (χ1v) is 8.54. The number of aliphatic imine (C=N–C) groups is 1. The second-order valence-corrected chi connectivity index (χ2v) is 6.09. The molecule has 5 nitrogen and oxygen atoms in total. The number of nitrogens with one attached hydrogen (secondary N) is 2. The SMILES string of the molecule is CCNC(=NCCCc1c[nH]c2ccccc12)N1CC[C@@H](O)C1.I. The van der Waals surface area contributed by atoms with Gasteiger partial charge in [-0.2, -0.15) is 0 Å². The van der Waals surface area contributed by atoms with Crippen molar-refractivity contribution in [3.63, 3.8) is 0 Å². The molecule has 1 fully saturated rings. The first kappa shape index (κ1) is 19.1. The predicted molar refractivity (Wildman–Crippen MR) is 110 cm³/mol. The van der Waals surface area contributed by atoms with Gasteiger partial charge in [-0.3, -0.25) is 4.99 Å². The van der Waals surface area contributed by atoms with Gasteiger partial charge < -0.3 is 20.3 Å². The maximum absolute atomic E-state index is 9.69. The van der Waals surface area contributed by atoms with Crippen molar-refractivity contribution < 1.29 is 5.11 Å². The van der Waals surface area contributed by atoms with E-state index in [4.69, 9.17) is 4.99 Å². The molecule has 0 radical (unpaired) electrons. The van der Waals surface area contributed by atoms with Crippen LogP contribution in [0.1, 0.15) is 25.3 Å². The van der Waals surface area contributed by atoms with Crippen molar-refractivity contribution in [2.45, 2.75) is 32.3 Å². The van der Waals surface area contributed by atoms with Crippen molar-refractivity contribution in [1.29, 1.82) is 0 Å². The molecule has 24 heavy (non-hydrogen) atoms. The van der Waals surface area contributed by atoms with Crippen molar-refractivity contribution in [3.8, 4) is 0 Å². The average molecular weight is 442 g/mol. The molecule has 0 aliphatic carbocycles. The number of β-amino-alcohol motifs (C(OH)–C–C–N with tert-alkyl or cyclic N) is 1. The van der Waals surface area contributed by atoms with E-state index < -0.39 is 0 Å². The largest absolute Gasteiger partial charge is 0.391 e. The third-order valence-corrected chi connectivity index (χ3v) is 4.34. The van der Waals surface area contributed by atoms with Crippen LogP contribution in [0.2, 0.25) is 0 Å². The monoisotopic (exact) mass is 442 g/mol.